The van der Waals surface area contributed by atoms with E-state index in [0.717, 1.165) is 0 Å². The molecule has 15 heavy (non-hydrogen) atoms. The van der Waals surface area contributed by atoms with Crippen molar-refractivity contribution >= 4 is 33.7 Å². The van der Waals surface area contributed by atoms with Gasteiger partial charge < -0.3 is 0 Å². The summed E-state index contributed by atoms with van der Waals surface area (Å²) >= 11 is 9.77. The Kier molecular flexibility index (Phi) is 3.36. The lowest BCUT2D eigenvalue weighted by Crippen LogP contribution is -2.07. The number of halogens is 5. The van der Waals surface area contributed by atoms with Crippen molar-refractivity contribution in [3.05, 3.63) is 34.6 Å². The second-order valence-electron chi connectivity index (χ2n) is 2.46. The molecule has 0 unspecified atom stereocenters. The number of carbonyl (C=O) groups is 2. The molecule has 0 saturated heterocycles. The Labute approximate surface area is 91.6 Å². The molecular formula is C8HCl2F3O2. The second kappa shape index (κ2) is 4.20. The summed E-state index contributed by atoms with van der Waals surface area (Å²) in [7, 11) is 0. The fourth-order valence-electron chi connectivity index (χ4n) is 0.890. The molecule has 1 rings (SSSR count). The SMILES string of the molecule is O=C(Cl)c1cc(C(=O)Cl)c(F)c(F)c1F. The Bertz CT molecular complexity index is 421. The van der Waals surface area contributed by atoms with Gasteiger partial charge in [0.25, 0.3) is 10.5 Å². The molecule has 1 aromatic rings. The molecule has 80 valence electrons. The Balaban J connectivity index is 3.59. The molecule has 7 heteroatoms. The quantitative estimate of drug-likeness (QED) is 0.603. The molecule has 0 fully saturated rings. The fourth-order valence-corrected chi connectivity index (χ4v) is 1.16. The monoisotopic (exact) mass is 256 g/mol. The van der Waals surface area contributed by atoms with Gasteiger partial charge in [-0.2, -0.15) is 0 Å². The van der Waals surface area contributed by atoms with E-state index in [-0.39, 0.29) is 0 Å². The molecule has 1 aromatic carbocycles. The molecule has 0 aliphatic carbocycles. The van der Waals surface area contributed by atoms with Gasteiger partial charge in [-0.1, -0.05) is 0 Å². The second-order valence-corrected chi connectivity index (χ2v) is 3.15. The van der Waals surface area contributed by atoms with Crippen LogP contribution in [0.1, 0.15) is 20.7 Å². The molecule has 0 spiro atoms. The van der Waals surface area contributed by atoms with E-state index in [1.165, 1.54) is 0 Å². The van der Waals surface area contributed by atoms with Crippen molar-refractivity contribution in [3.8, 4) is 0 Å². The zero-order chi connectivity index (χ0) is 11.7. The first-order valence-corrected chi connectivity index (χ1v) is 4.19. The van der Waals surface area contributed by atoms with Crippen LogP contribution < -0.4 is 0 Å². The summed E-state index contributed by atoms with van der Waals surface area (Å²) in [5.41, 5.74) is -1.89. The van der Waals surface area contributed by atoms with E-state index in [2.05, 4.69) is 0 Å². The lowest BCUT2D eigenvalue weighted by Gasteiger charge is -2.03. The Morgan fingerprint density at radius 2 is 1.20 bits per heavy atom. The maximum atomic E-state index is 12.9. The highest BCUT2D eigenvalue weighted by Crippen LogP contribution is 2.22. The van der Waals surface area contributed by atoms with Crippen LogP contribution in [-0.2, 0) is 0 Å². The molecule has 0 radical (unpaired) electrons. The van der Waals surface area contributed by atoms with Gasteiger partial charge >= 0.3 is 0 Å². The first kappa shape index (κ1) is 12.0. The van der Waals surface area contributed by atoms with Crippen LogP contribution in [0.25, 0.3) is 0 Å². The van der Waals surface area contributed by atoms with Crippen LogP contribution in [0, 0.1) is 17.5 Å². The van der Waals surface area contributed by atoms with Crippen LogP contribution in [0.4, 0.5) is 13.2 Å². The molecule has 0 saturated carbocycles. The number of hydrogen-bond donors (Lipinski definition) is 0. The van der Waals surface area contributed by atoms with Crippen LogP contribution in [0.5, 0.6) is 0 Å². The van der Waals surface area contributed by atoms with Gasteiger partial charge in [0.05, 0.1) is 11.1 Å². The molecule has 0 atom stereocenters. The van der Waals surface area contributed by atoms with Gasteiger partial charge in [0.15, 0.2) is 17.5 Å². The average Bonchev–Trinajstić information content (AvgIpc) is 2.13. The third kappa shape index (κ3) is 2.13. The first-order chi connectivity index (χ1) is 6.86. The minimum absolute atomic E-state index is 0.457. The summed E-state index contributed by atoms with van der Waals surface area (Å²) in [6.07, 6.45) is 0. The van der Waals surface area contributed by atoms with Crippen LogP contribution in [0.2, 0.25) is 0 Å². The van der Waals surface area contributed by atoms with E-state index in [4.69, 9.17) is 23.2 Å². The molecule has 0 heterocycles. The van der Waals surface area contributed by atoms with Gasteiger partial charge in [-0.3, -0.25) is 9.59 Å². The van der Waals surface area contributed by atoms with Crippen molar-refractivity contribution in [1.82, 2.24) is 0 Å². The summed E-state index contributed by atoms with van der Waals surface area (Å²) in [4.78, 5) is 21.2. The predicted octanol–water partition coefficient (Wildman–Crippen LogP) is 2.86. The number of benzene rings is 1. The third-order valence-corrected chi connectivity index (χ3v) is 1.98. The van der Waals surface area contributed by atoms with Gasteiger partial charge in [-0.05, 0) is 29.3 Å². The minimum atomic E-state index is -1.97. The summed E-state index contributed by atoms with van der Waals surface area (Å²) in [5.74, 6) is -5.48. The van der Waals surface area contributed by atoms with E-state index < -0.39 is 39.1 Å². The van der Waals surface area contributed by atoms with Crippen molar-refractivity contribution in [2.75, 3.05) is 0 Å². The highest BCUT2D eigenvalue weighted by molar-refractivity contribution is 6.69. The van der Waals surface area contributed by atoms with Crippen LogP contribution in [0.3, 0.4) is 0 Å². The largest absolute Gasteiger partial charge is 0.275 e. The molecule has 0 amide bonds. The van der Waals surface area contributed by atoms with Gasteiger partial charge in [-0.15, -0.1) is 0 Å². The molecular weight excluding hydrogens is 256 g/mol. The van der Waals surface area contributed by atoms with Crippen LogP contribution >= 0.6 is 23.2 Å². The lowest BCUT2D eigenvalue weighted by atomic mass is 10.1. The summed E-state index contributed by atoms with van der Waals surface area (Å²) < 4.78 is 38.6. The van der Waals surface area contributed by atoms with Crippen molar-refractivity contribution < 1.29 is 22.8 Å². The van der Waals surface area contributed by atoms with E-state index in [1.54, 1.807) is 0 Å². The highest BCUT2D eigenvalue weighted by Gasteiger charge is 2.24. The Hall–Kier alpha value is -1.07. The van der Waals surface area contributed by atoms with Crippen LogP contribution in [0.15, 0.2) is 6.07 Å². The van der Waals surface area contributed by atoms with E-state index in [0.29, 0.717) is 6.07 Å². The molecule has 0 N–H and O–H groups in total. The molecule has 2 nitrogen and oxygen atoms in total. The van der Waals surface area contributed by atoms with Gasteiger partial charge in [0.1, 0.15) is 0 Å². The zero-order valence-electron chi connectivity index (χ0n) is 6.78. The van der Waals surface area contributed by atoms with E-state index >= 15 is 0 Å². The number of carbonyl (C=O) groups excluding carboxylic acids is 2. The number of rotatable bonds is 2. The zero-order valence-corrected chi connectivity index (χ0v) is 8.30. The maximum absolute atomic E-state index is 12.9. The summed E-state index contributed by atoms with van der Waals surface area (Å²) in [5, 5.41) is -2.71. The van der Waals surface area contributed by atoms with Gasteiger partial charge in [0.2, 0.25) is 0 Å². The number of hydrogen-bond acceptors (Lipinski definition) is 2. The van der Waals surface area contributed by atoms with Gasteiger partial charge in [-0.25, -0.2) is 13.2 Å². The molecule has 0 aliphatic heterocycles. The lowest BCUT2D eigenvalue weighted by molar-refractivity contribution is 0.107. The highest BCUT2D eigenvalue weighted by atomic mass is 35.5. The van der Waals surface area contributed by atoms with E-state index in [9.17, 15) is 22.8 Å². The Morgan fingerprint density at radius 3 is 1.47 bits per heavy atom. The standard InChI is InChI=1S/C8HCl2F3O2/c9-7(14)2-1-3(8(10)15)5(12)6(13)4(2)11/h1H. The fraction of sp³-hybridized carbons (Fsp3) is 0. The third-order valence-electron chi connectivity index (χ3n) is 1.57. The smallest absolute Gasteiger partial charge is 0.255 e. The summed E-state index contributed by atoms with van der Waals surface area (Å²) in [6.45, 7) is 0. The minimum Gasteiger partial charge on any atom is -0.275 e. The topological polar surface area (TPSA) is 34.1 Å². The van der Waals surface area contributed by atoms with Crippen molar-refractivity contribution in [3.63, 3.8) is 0 Å². The Morgan fingerprint density at radius 1 is 0.867 bits per heavy atom. The molecule has 0 aliphatic rings. The summed E-state index contributed by atoms with van der Waals surface area (Å²) in [6, 6.07) is 0.457. The van der Waals surface area contributed by atoms with Crippen LogP contribution in [-0.4, -0.2) is 10.5 Å². The molecule has 0 bridgehead atoms. The van der Waals surface area contributed by atoms with Gasteiger partial charge in [0, 0.05) is 0 Å². The maximum Gasteiger partial charge on any atom is 0.255 e. The van der Waals surface area contributed by atoms with Crippen molar-refractivity contribution in [1.29, 1.82) is 0 Å². The predicted molar refractivity (Wildman–Crippen MR) is 46.7 cm³/mol. The average molecular weight is 257 g/mol. The normalized spacial score (nSPS) is 10.2. The molecule has 0 aromatic heterocycles. The van der Waals surface area contributed by atoms with E-state index in [1.807, 2.05) is 0 Å². The first-order valence-electron chi connectivity index (χ1n) is 3.43. The van der Waals surface area contributed by atoms with Crippen molar-refractivity contribution in [2.24, 2.45) is 0 Å². The van der Waals surface area contributed by atoms with Crippen molar-refractivity contribution in [2.45, 2.75) is 0 Å².